The van der Waals surface area contributed by atoms with Crippen molar-refractivity contribution in [1.29, 1.82) is 0 Å². The summed E-state index contributed by atoms with van der Waals surface area (Å²) < 4.78 is 0. The lowest BCUT2D eigenvalue weighted by atomic mass is 9.99. The minimum absolute atomic E-state index is 0.353. The van der Waals surface area contributed by atoms with E-state index in [9.17, 15) is 4.79 Å². The minimum atomic E-state index is -0.890. The number of nitrogens with two attached hydrogens (primary N) is 1. The lowest BCUT2D eigenvalue weighted by Crippen LogP contribution is -2.02. The number of carboxylic acid groups (broad SMARTS) is 1. The van der Waals surface area contributed by atoms with E-state index in [1.807, 2.05) is 26.0 Å². The van der Waals surface area contributed by atoms with Gasteiger partial charge in [-0.15, -0.1) is 0 Å². The molecule has 0 unspecified atom stereocenters. The summed E-state index contributed by atoms with van der Waals surface area (Å²) >= 11 is 0. The molecule has 1 rings (SSSR count). The third-order valence-corrected chi connectivity index (χ3v) is 2.37. The quantitative estimate of drug-likeness (QED) is 0.793. The van der Waals surface area contributed by atoms with Gasteiger partial charge in [-0.2, -0.15) is 0 Å². The van der Waals surface area contributed by atoms with Crippen LogP contribution in [0.4, 0.5) is 0 Å². The van der Waals surface area contributed by atoms with Gasteiger partial charge in [0.2, 0.25) is 0 Å². The van der Waals surface area contributed by atoms with Crippen LogP contribution in [-0.2, 0) is 0 Å². The summed E-state index contributed by atoms with van der Waals surface area (Å²) in [7, 11) is 0. The summed E-state index contributed by atoms with van der Waals surface area (Å²) in [6.07, 6.45) is 3.63. The molecule has 0 heterocycles. The van der Waals surface area contributed by atoms with Crippen LogP contribution < -0.4 is 5.73 Å². The third-order valence-electron chi connectivity index (χ3n) is 2.37. The molecule has 0 aliphatic carbocycles. The van der Waals surface area contributed by atoms with E-state index in [4.69, 9.17) is 10.8 Å². The summed E-state index contributed by atoms with van der Waals surface area (Å²) in [5.41, 5.74) is 8.36. The molecule has 0 saturated heterocycles. The van der Waals surface area contributed by atoms with E-state index in [0.717, 1.165) is 16.7 Å². The number of aryl methyl sites for hydroxylation is 1. The highest BCUT2D eigenvalue weighted by Crippen LogP contribution is 2.17. The smallest absolute Gasteiger partial charge is 0.335 e. The molecule has 1 aromatic carbocycles. The van der Waals surface area contributed by atoms with Crippen LogP contribution in [0.3, 0.4) is 0 Å². The molecule has 0 aliphatic heterocycles. The second-order valence-electron chi connectivity index (χ2n) is 3.45. The Morgan fingerprint density at radius 2 is 2.13 bits per heavy atom. The van der Waals surface area contributed by atoms with Crippen molar-refractivity contribution in [1.82, 2.24) is 0 Å². The van der Waals surface area contributed by atoms with Crippen LogP contribution >= 0.6 is 0 Å². The molecular weight excluding hydrogens is 190 g/mol. The Balaban J connectivity index is 3.23. The molecule has 0 atom stereocenters. The van der Waals surface area contributed by atoms with Crippen LogP contribution in [-0.4, -0.2) is 17.6 Å². The maximum absolute atomic E-state index is 11.0. The van der Waals surface area contributed by atoms with Crippen molar-refractivity contribution in [3.8, 4) is 0 Å². The summed E-state index contributed by atoms with van der Waals surface area (Å²) in [5, 5.41) is 8.99. The van der Waals surface area contributed by atoms with Gasteiger partial charge in [0.1, 0.15) is 0 Å². The molecule has 0 fully saturated rings. The zero-order chi connectivity index (χ0) is 11.4. The van der Waals surface area contributed by atoms with E-state index in [0.29, 0.717) is 12.1 Å². The van der Waals surface area contributed by atoms with E-state index in [1.165, 1.54) is 0 Å². The fourth-order valence-electron chi connectivity index (χ4n) is 1.41. The number of carbonyl (C=O) groups is 1. The van der Waals surface area contributed by atoms with E-state index < -0.39 is 5.97 Å². The summed E-state index contributed by atoms with van der Waals surface area (Å²) in [6, 6.07) is 3.62. The number of rotatable bonds is 3. The molecule has 15 heavy (non-hydrogen) atoms. The van der Waals surface area contributed by atoms with Gasteiger partial charge in [0.05, 0.1) is 5.56 Å². The summed E-state index contributed by atoms with van der Waals surface area (Å²) in [6.45, 7) is 4.17. The van der Waals surface area contributed by atoms with Gasteiger partial charge < -0.3 is 10.8 Å². The Hall–Kier alpha value is -1.61. The Bertz CT molecular complexity index is 408. The summed E-state index contributed by atoms with van der Waals surface area (Å²) in [5.74, 6) is -0.890. The van der Waals surface area contributed by atoms with Crippen molar-refractivity contribution in [2.24, 2.45) is 5.73 Å². The Morgan fingerprint density at radius 3 is 2.67 bits per heavy atom. The van der Waals surface area contributed by atoms with Crippen LogP contribution in [0.15, 0.2) is 18.2 Å². The largest absolute Gasteiger partial charge is 0.478 e. The molecule has 3 heteroatoms. The molecule has 0 radical (unpaired) electrons. The normalized spacial score (nSPS) is 10.9. The van der Waals surface area contributed by atoms with Crippen molar-refractivity contribution in [2.45, 2.75) is 13.8 Å². The molecule has 0 aromatic heterocycles. The van der Waals surface area contributed by atoms with Crippen molar-refractivity contribution in [3.05, 3.63) is 40.5 Å². The summed E-state index contributed by atoms with van der Waals surface area (Å²) in [4.78, 5) is 11.0. The Labute approximate surface area is 89.2 Å². The zero-order valence-electron chi connectivity index (χ0n) is 8.95. The van der Waals surface area contributed by atoms with Crippen molar-refractivity contribution in [3.63, 3.8) is 0 Å². The fourth-order valence-corrected chi connectivity index (χ4v) is 1.41. The van der Waals surface area contributed by atoms with Crippen LogP contribution in [0.2, 0.25) is 0 Å². The Kier molecular flexibility index (Phi) is 3.63. The topological polar surface area (TPSA) is 63.3 Å². The molecule has 0 aliphatic rings. The average Bonchev–Trinajstić information content (AvgIpc) is 2.19. The van der Waals surface area contributed by atoms with Crippen LogP contribution in [0.25, 0.3) is 6.08 Å². The maximum atomic E-state index is 11.0. The number of carboxylic acids is 1. The number of benzene rings is 1. The zero-order valence-corrected chi connectivity index (χ0v) is 8.95. The predicted molar refractivity (Wildman–Crippen MR) is 61.0 cm³/mol. The predicted octanol–water partition coefficient (Wildman–Crippen LogP) is 1.97. The number of hydrogen-bond acceptors (Lipinski definition) is 2. The highest BCUT2D eigenvalue weighted by atomic mass is 16.4. The fraction of sp³-hybridized carbons (Fsp3) is 0.250. The van der Waals surface area contributed by atoms with Gasteiger partial charge in [0.15, 0.2) is 0 Å². The maximum Gasteiger partial charge on any atom is 0.335 e. The SMILES string of the molecule is Cc1cc(/C=C/CN)cc(C(=O)O)c1C. The van der Waals surface area contributed by atoms with Crippen molar-refractivity contribution < 1.29 is 9.90 Å². The molecule has 0 spiro atoms. The molecule has 3 nitrogen and oxygen atoms in total. The van der Waals surface area contributed by atoms with E-state index >= 15 is 0 Å². The standard InChI is InChI=1S/C12H15NO2/c1-8-6-10(4-3-5-13)7-11(9(8)2)12(14)15/h3-4,6-7H,5,13H2,1-2H3,(H,14,15)/b4-3+. The van der Waals surface area contributed by atoms with Crippen molar-refractivity contribution >= 4 is 12.0 Å². The second-order valence-corrected chi connectivity index (χ2v) is 3.45. The van der Waals surface area contributed by atoms with Gasteiger partial charge >= 0.3 is 5.97 Å². The molecule has 0 saturated carbocycles. The number of aromatic carboxylic acids is 1. The van der Waals surface area contributed by atoms with Gasteiger partial charge in [0, 0.05) is 6.54 Å². The third kappa shape index (κ3) is 2.67. The minimum Gasteiger partial charge on any atom is -0.478 e. The molecule has 80 valence electrons. The molecule has 0 bridgehead atoms. The van der Waals surface area contributed by atoms with E-state index in [1.54, 1.807) is 12.1 Å². The van der Waals surface area contributed by atoms with Gasteiger partial charge in [-0.05, 0) is 36.6 Å². The lowest BCUT2D eigenvalue weighted by Gasteiger charge is -2.06. The van der Waals surface area contributed by atoms with Crippen LogP contribution in [0.1, 0.15) is 27.0 Å². The first-order valence-electron chi connectivity index (χ1n) is 4.77. The van der Waals surface area contributed by atoms with Crippen LogP contribution in [0, 0.1) is 13.8 Å². The van der Waals surface area contributed by atoms with Crippen LogP contribution in [0.5, 0.6) is 0 Å². The molecule has 1 aromatic rings. The molecular formula is C12H15NO2. The highest BCUT2D eigenvalue weighted by Gasteiger charge is 2.09. The van der Waals surface area contributed by atoms with Gasteiger partial charge in [0.25, 0.3) is 0 Å². The van der Waals surface area contributed by atoms with Gasteiger partial charge in [-0.25, -0.2) is 4.79 Å². The monoisotopic (exact) mass is 205 g/mol. The van der Waals surface area contributed by atoms with Crippen molar-refractivity contribution in [2.75, 3.05) is 6.54 Å². The van der Waals surface area contributed by atoms with E-state index in [2.05, 4.69) is 0 Å². The first kappa shape index (κ1) is 11.5. The molecule has 0 amide bonds. The lowest BCUT2D eigenvalue weighted by molar-refractivity contribution is 0.0696. The average molecular weight is 205 g/mol. The van der Waals surface area contributed by atoms with E-state index in [-0.39, 0.29) is 0 Å². The first-order valence-corrected chi connectivity index (χ1v) is 4.77. The first-order chi connectivity index (χ1) is 7.06. The molecule has 3 N–H and O–H groups in total. The van der Waals surface area contributed by atoms with Gasteiger partial charge in [-0.1, -0.05) is 18.2 Å². The highest BCUT2D eigenvalue weighted by molar-refractivity contribution is 5.90. The Morgan fingerprint density at radius 1 is 1.47 bits per heavy atom. The second kappa shape index (κ2) is 4.75. The van der Waals surface area contributed by atoms with Gasteiger partial charge in [-0.3, -0.25) is 0 Å². The number of hydrogen-bond donors (Lipinski definition) is 2.